The number of anilines is 1. The fourth-order valence-electron chi connectivity index (χ4n) is 2.65. The molecule has 0 unspecified atom stereocenters. The first-order valence-electron chi connectivity index (χ1n) is 6.92. The van der Waals surface area contributed by atoms with Crippen molar-refractivity contribution in [3.8, 4) is 17.2 Å². The van der Waals surface area contributed by atoms with Gasteiger partial charge < -0.3 is 5.73 Å². The van der Waals surface area contributed by atoms with Crippen molar-refractivity contribution in [3.05, 3.63) is 55.7 Å². The van der Waals surface area contributed by atoms with Crippen LogP contribution in [-0.4, -0.2) is 14.1 Å². The summed E-state index contributed by atoms with van der Waals surface area (Å²) in [5, 5.41) is 10.1. The van der Waals surface area contributed by atoms with Crippen molar-refractivity contribution in [2.75, 3.05) is 5.73 Å². The summed E-state index contributed by atoms with van der Waals surface area (Å²) in [5.74, 6) is -0.0526. The van der Waals surface area contributed by atoms with E-state index < -0.39 is 11.2 Å². The Balaban J connectivity index is 2.68. The Bertz CT molecular complexity index is 1150. The highest BCUT2D eigenvalue weighted by atomic mass is 35.5. The number of aromatic nitrogens is 3. The first-order chi connectivity index (χ1) is 11.4. The van der Waals surface area contributed by atoms with Crippen molar-refractivity contribution in [3.63, 3.8) is 0 Å². The van der Waals surface area contributed by atoms with Gasteiger partial charge in [-0.25, -0.2) is 9.78 Å². The van der Waals surface area contributed by atoms with Gasteiger partial charge in [-0.05, 0) is 17.7 Å². The van der Waals surface area contributed by atoms with Crippen LogP contribution in [0.3, 0.4) is 0 Å². The number of pyridine rings is 1. The van der Waals surface area contributed by atoms with Gasteiger partial charge in [0.1, 0.15) is 17.5 Å². The maximum absolute atomic E-state index is 12.7. The maximum Gasteiger partial charge on any atom is 0.332 e. The van der Waals surface area contributed by atoms with Crippen molar-refractivity contribution in [1.82, 2.24) is 14.1 Å². The molecule has 0 saturated carbocycles. The molecular weight excluding hydrogens is 330 g/mol. The molecule has 3 rings (SSSR count). The smallest absolute Gasteiger partial charge is 0.332 e. The van der Waals surface area contributed by atoms with Crippen LogP contribution in [0.4, 0.5) is 5.82 Å². The average molecular weight is 342 g/mol. The molecule has 2 N–H and O–H groups in total. The van der Waals surface area contributed by atoms with E-state index in [9.17, 15) is 14.9 Å². The average Bonchev–Trinajstić information content (AvgIpc) is 2.57. The van der Waals surface area contributed by atoms with E-state index in [2.05, 4.69) is 4.98 Å². The zero-order chi connectivity index (χ0) is 17.6. The summed E-state index contributed by atoms with van der Waals surface area (Å²) >= 11 is 6.04. The van der Waals surface area contributed by atoms with Crippen molar-refractivity contribution < 1.29 is 0 Å². The highest BCUT2D eigenvalue weighted by molar-refractivity contribution is 6.31. The van der Waals surface area contributed by atoms with Crippen LogP contribution in [0.1, 0.15) is 5.56 Å². The molecule has 24 heavy (non-hydrogen) atoms. The van der Waals surface area contributed by atoms with Crippen molar-refractivity contribution in [2.45, 2.75) is 0 Å². The van der Waals surface area contributed by atoms with E-state index in [0.29, 0.717) is 16.1 Å². The van der Waals surface area contributed by atoms with Gasteiger partial charge in [0.15, 0.2) is 5.65 Å². The molecule has 0 atom stereocenters. The van der Waals surface area contributed by atoms with Gasteiger partial charge in [0.05, 0.1) is 5.39 Å². The Morgan fingerprint density at radius 2 is 1.96 bits per heavy atom. The summed E-state index contributed by atoms with van der Waals surface area (Å²) in [6, 6.07) is 8.71. The lowest BCUT2D eigenvalue weighted by Crippen LogP contribution is -2.37. The summed E-state index contributed by atoms with van der Waals surface area (Å²) in [7, 11) is 2.86. The van der Waals surface area contributed by atoms with E-state index in [0.717, 1.165) is 4.57 Å². The lowest BCUT2D eigenvalue weighted by atomic mass is 9.98. The minimum Gasteiger partial charge on any atom is -0.383 e. The van der Waals surface area contributed by atoms with Gasteiger partial charge in [-0.3, -0.25) is 13.9 Å². The van der Waals surface area contributed by atoms with Crippen LogP contribution >= 0.6 is 11.6 Å². The number of benzene rings is 1. The predicted molar refractivity (Wildman–Crippen MR) is 91.8 cm³/mol. The van der Waals surface area contributed by atoms with Crippen molar-refractivity contribution in [1.29, 1.82) is 5.26 Å². The Kier molecular flexibility index (Phi) is 3.62. The van der Waals surface area contributed by atoms with Crippen LogP contribution in [0.25, 0.3) is 22.2 Å². The van der Waals surface area contributed by atoms with E-state index >= 15 is 0 Å². The summed E-state index contributed by atoms with van der Waals surface area (Å²) < 4.78 is 2.19. The van der Waals surface area contributed by atoms with Gasteiger partial charge in [0, 0.05) is 24.7 Å². The molecule has 0 fully saturated rings. The lowest BCUT2D eigenvalue weighted by molar-refractivity contribution is 0.708. The second-order valence-corrected chi connectivity index (χ2v) is 5.71. The third-order valence-corrected chi connectivity index (χ3v) is 4.08. The van der Waals surface area contributed by atoms with Crippen LogP contribution in [0.15, 0.2) is 33.9 Å². The minimum absolute atomic E-state index is 0.0526. The number of nitrogens with zero attached hydrogens (tertiary/aromatic N) is 4. The molecule has 8 heteroatoms. The molecule has 0 amide bonds. The zero-order valence-corrected chi connectivity index (χ0v) is 13.6. The molecule has 0 radical (unpaired) electrons. The quantitative estimate of drug-likeness (QED) is 0.720. The summed E-state index contributed by atoms with van der Waals surface area (Å²) in [6.07, 6.45) is 0. The van der Waals surface area contributed by atoms with Gasteiger partial charge in [0.25, 0.3) is 5.56 Å². The van der Waals surface area contributed by atoms with Crippen molar-refractivity contribution in [2.24, 2.45) is 14.1 Å². The van der Waals surface area contributed by atoms with Crippen LogP contribution in [-0.2, 0) is 14.1 Å². The molecule has 2 aromatic heterocycles. The first-order valence-corrected chi connectivity index (χ1v) is 7.29. The van der Waals surface area contributed by atoms with E-state index in [4.69, 9.17) is 17.3 Å². The second kappa shape index (κ2) is 5.51. The summed E-state index contributed by atoms with van der Waals surface area (Å²) in [6.45, 7) is 0. The molecule has 0 aliphatic heterocycles. The third kappa shape index (κ3) is 2.16. The summed E-state index contributed by atoms with van der Waals surface area (Å²) in [5.41, 5.74) is 5.87. The first kappa shape index (κ1) is 15.8. The Morgan fingerprint density at radius 1 is 1.25 bits per heavy atom. The second-order valence-electron chi connectivity index (χ2n) is 5.27. The van der Waals surface area contributed by atoms with E-state index in [1.165, 1.54) is 18.7 Å². The number of aryl methyl sites for hydroxylation is 1. The zero-order valence-electron chi connectivity index (χ0n) is 12.9. The number of nitrogens with two attached hydrogens (primary N) is 1. The van der Waals surface area contributed by atoms with Crippen LogP contribution in [0, 0.1) is 11.3 Å². The maximum atomic E-state index is 12.7. The molecule has 0 aliphatic rings. The predicted octanol–water partition coefficient (Wildman–Crippen LogP) is 1.41. The number of nitriles is 1. The monoisotopic (exact) mass is 341 g/mol. The van der Waals surface area contributed by atoms with Crippen LogP contribution < -0.4 is 17.0 Å². The fourth-order valence-corrected chi connectivity index (χ4v) is 2.84. The highest BCUT2D eigenvalue weighted by Gasteiger charge is 2.21. The van der Waals surface area contributed by atoms with E-state index in [1.807, 2.05) is 6.07 Å². The van der Waals surface area contributed by atoms with Gasteiger partial charge in [-0.15, -0.1) is 0 Å². The van der Waals surface area contributed by atoms with Gasteiger partial charge in [-0.1, -0.05) is 23.7 Å². The van der Waals surface area contributed by atoms with Crippen LogP contribution in [0.5, 0.6) is 0 Å². The molecule has 120 valence electrons. The number of fused-ring (bicyclic) bond motifs is 1. The van der Waals surface area contributed by atoms with E-state index in [-0.39, 0.29) is 22.4 Å². The standard InChI is InChI=1S/C16H12ClN5O2/c1-21-14-12(15(23)22(2)16(21)24)11(10(7-18)13(19)20-14)8-4-3-5-9(17)6-8/h3-6H,1-2H3,(H2,19,20). The molecule has 1 aromatic carbocycles. The van der Waals surface area contributed by atoms with Crippen molar-refractivity contribution >= 4 is 28.5 Å². The normalized spacial score (nSPS) is 10.8. The Hall–Kier alpha value is -3.11. The minimum atomic E-state index is -0.549. The number of halogens is 1. The number of hydrogen-bond donors (Lipinski definition) is 1. The number of rotatable bonds is 1. The SMILES string of the molecule is Cn1c(=O)c2c(-c3cccc(Cl)c3)c(C#N)c(N)nc2n(C)c1=O. The Morgan fingerprint density at radius 3 is 2.58 bits per heavy atom. The molecule has 7 nitrogen and oxygen atoms in total. The largest absolute Gasteiger partial charge is 0.383 e. The molecule has 3 aromatic rings. The highest BCUT2D eigenvalue weighted by Crippen LogP contribution is 2.32. The molecule has 2 heterocycles. The van der Waals surface area contributed by atoms with E-state index in [1.54, 1.807) is 24.3 Å². The number of hydrogen-bond acceptors (Lipinski definition) is 5. The Labute approximate surface area is 141 Å². The lowest BCUT2D eigenvalue weighted by Gasteiger charge is -2.13. The summed E-state index contributed by atoms with van der Waals surface area (Å²) in [4.78, 5) is 28.9. The molecule has 0 aliphatic carbocycles. The van der Waals surface area contributed by atoms with Gasteiger partial charge >= 0.3 is 5.69 Å². The fraction of sp³-hybridized carbons (Fsp3) is 0.125. The molecule has 0 bridgehead atoms. The molecule has 0 saturated heterocycles. The topological polar surface area (TPSA) is 107 Å². The molecule has 0 spiro atoms. The van der Waals surface area contributed by atoms with Gasteiger partial charge in [0.2, 0.25) is 0 Å². The van der Waals surface area contributed by atoms with Gasteiger partial charge in [-0.2, -0.15) is 5.26 Å². The third-order valence-electron chi connectivity index (χ3n) is 3.84. The number of nitrogen functional groups attached to an aromatic ring is 1. The molecular formula is C16H12ClN5O2. The van der Waals surface area contributed by atoms with Crippen LogP contribution in [0.2, 0.25) is 5.02 Å².